The molecule has 3 heterocycles. The van der Waals surface area contributed by atoms with Crippen LogP contribution in [0.5, 0.6) is 0 Å². The van der Waals surface area contributed by atoms with E-state index >= 15 is 0 Å². The van der Waals surface area contributed by atoms with E-state index in [4.69, 9.17) is 4.74 Å². The summed E-state index contributed by atoms with van der Waals surface area (Å²) in [5.74, 6) is 0.242. The number of benzene rings is 1. The van der Waals surface area contributed by atoms with Gasteiger partial charge in [0.2, 0.25) is 5.91 Å². The highest BCUT2D eigenvalue weighted by molar-refractivity contribution is 5.96. The van der Waals surface area contributed by atoms with Gasteiger partial charge in [0.1, 0.15) is 0 Å². The third-order valence-electron chi connectivity index (χ3n) is 6.05. The van der Waals surface area contributed by atoms with Crippen molar-refractivity contribution < 1.29 is 9.53 Å². The van der Waals surface area contributed by atoms with E-state index in [1.165, 1.54) is 5.56 Å². The van der Waals surface area contributed by atoms with Gasteiger partial charge in [0.15, 0.2) is 0 Å². The molecule has 0 bridgehead atoms. The molecular formula is C19H27N3O2. The number of anilines is 1. The number of nitrogens with zero attached hydrogens (tertiary/aromatic N) is 3. The van der Waals surface area contributed by atoms with Crippen molar-refractivity contribution in [1.82, 2.24) is 9.80 Å². The molecule has 1 aromatic carbocycles. The first kappa shape index (κ1) is 16.1. The lowest BCUT2D eigenvalue weighted by atomic mass is 9.86. The molecule has 0 saturated carbocycles. The summed E-state index contributed by atoms with van der Waals surface area (Å²) < 4.78 is 5.56. The molecule has 0 atom stereocenters. The number of rotatable bonds is 2. The van der Waals surface area contributed by atoms with Crippen LogP contribution in [-0.2, 0) is 16.0 Å². The molecule has 3 aliphatic heterocycles. The minimum Gasteiger partial charge on any atom is -0.381 e. The summed E-state index contributed by atoms with van der Waals surface area (Å²) in [6, 6.07) is 8.29. The molecule has 0 aromatic heterocycles. The normalized spacial score (nSPS) is 24.3. The summed E-state index contributed by atoms with van der Waals surface area (Å²) >= 11 is 0. The summed E-state index contributed by atoms with van der Waals surface area (Å²) in [6.45, 7) is 6.02. The second-order valence-electron chi connectivity index (χ2n) is 7.39. The topological polar surface area (TPSA) is 36.0 Å². The van der Waals surface area contributed by atoms with Crippen LogP contribution in [0.15, 0.2) is 24.3 Å². The van der Waals surface area contributed by atoms with Crippen molar-refractivity contribution in [2.24, 2.45) is 0 Å². The van der Waals surface area contributed by atoms with Crippen LogP contribution in [0.3, 0.4) is 0 Å². The first-order chi connectivity index (χ1) is 11.7. The van der Waals surface area contributed by atoms with Crippen molar-refractivity contribution in [2.75, 3.05) is 57.9 Å². The Bertz CT molecular complexity index is 612. The molecule has 1 aromatic rings. The number of fused-ring (bicyclic) bond motifs is 1. The van der Waals surface area contributed by atoms with Crippen molar-refractivity contribution in [3.63, 3.8) is 0 Å². The molecule has 1 spiro atoms. The molecular weight excluding hydrogens is 302 g/mol. The Morgan fingerprint density at radius 3 is 2.79 bits per heavy atom. The number of amides is 1. The molecule has 2 saturated heterocycles. The minimum atomic E-state index is 0.194. The van der Waals surface area contributed by atoms with E-state index in [1.807, 2.05) is 11.0 Å². The number of hydrogen-bond donors (Lipinski definition) is 0. The highest BCUT2D eigenvalue weighted by atomic mass is 16.5. The highest BCUT2D eigenvalue weighted by Gasteiger charge is 2.41. The van der Waals surface area contributed by atoms with Crippen molar-refractivity contribution >= 4 is 11.6 Å². The number of likely N-dealkylation sites (N-methyl/N-ethyl adjacent to an activating group) is 1. The molecule has 0 aliphatic carbocycles. The maximum Gasteiger partial charge on any atom is 0.241 e. The molecule has 130 valence electrons. The van der Waals surface area contributed by atoms with Crippen molar-refractivity contribution in [3.8, 4) is 0 Å². The maximum absolute atomic E-state index is 12.9. The number of ether oxygens (including phenoxy) is 1. The van der Waals surface area contributed by atoms with Crippen molar-refractivity contribution in [3.05, 3.63) is 29.8 Å². The van der Waals surface area contributed by atoms with Gasteiger partial charge in [0.25, 0.3) is 0 Å². The van der Waals surface area contributed by atoms with Gasteiger partial charge in [0.05, 0.1) is 6.54 Å². The molecule has 0 radical (unpaired) electrons. The van der Waals surface area contributed by atoms with Gasteiger partial charge in [-0.05, 0) is 37.9 Å². The monoisotopic (exact) mass is 329 g/mol. The van der Waals surface area contributed by atoms with Gasteiger partial charge in [-0.2, -0.15) is 0 Å². The lowest BCUT2D eigenvalue weighted by molar-refractivity contribution is -0.122. The fourth-order valence-electron chi connectivity index (χ4n) is 4.44. The van der Waals surface area contributed by atoms with E-state index in [9.17, 15) is 4.79 Å². The Hall–Kier alpha value is -1.43. The fourth-order valence-corrected chi connectivity index (χ4v) is 4.44. The summed E-state index contributed by atoms with van der Waals surface area (Å²) in [7, 11) is 2.22. The Labute approximate surface area is 144 Å². The van der Waals surface area contributed by atoms with E-state index in [1.54, 1.807) is 0 Å². The SMILES string of the molecule is CN1CCN(CC(=O)N2CCc3ccccc32)CC12CCOCC2. The van der Waals surface area contributed by atoms with Gasteiger partial charge < -0.3 is 9.64 Å². The fraction of sp³-hybridized carbons (Fsp3) is 0.632. The zero-order valence-corrected chi connectivity index (χ0v) is 14.5. The molecule has 5 heteroatoms. The Morgan fingerprint density at radius 1 is 1.17 bits per heavy atom. The van der Waals surface area contributed by atoms with Crippen LogP contribution in [0.2, 0.25) is 0 Å². The smallest absolute Gasteiger partial charge is 0.241 e. The standard InChI is InChI=1S/C19H27N3O2/c1-20-10-11-21(15-19(20)7-12-24-13-8-19)14-18(23)22-9-6-16-4-2-3-5-17(16)22/h2-5H,6-15H2,1H3. The van der Waals surface area contributed by atoms with Gasteiger partial charge in [-0.3, -0.25) is 14.6 Å². The van der Waals surface area contributed by atoms with Gasteiger partial charge in [-0.1, -0.05) is 18.2 Å². The summed E-state index contributed by atoms with van der Waals surface area (Å²) in [5.41, 5.74) is 2.60. The van der Waals surface area contributed by atoms with Gasteiger partial charge in [0, 0.05) is 50.6 Å². The van der Waals surface area contributed by atoms with Crippen LogP contribution in [0, 0.1) is 0 Å². The molecule has 0 unspecified atom stereocenters. The molecule has 1 amide bonds. The van der Waals surface area contributed by atoms with Crippen LogP contribution in [0.4, 0.5) is 5.69 Å². The summed E-state index contributed by atoms with van der Waals surface area (Å²) in [6.07, 6.45) is 3.12. The third-order valence-corrected chi connectivity index (χ3v) is 6.05. The molecule has 3 aliphatic rings. The van der Waals surface area contributed by atoms with E-state index in [-0.39, 0.29) is 11.4 Å². The van der Waals surface area contributed by atoms with E-state index in [0.717, 1.165) is 64.3 Å². The van der Waals surface area contributed by atoms with Gasteiger partial charge in [-0.25, -0.2) is 0 Å². The Kier molecular flexibility index (Phi) is 4.33. The third kappa shape index (κ3) is 2.85. The maximum atomic E-state index is 12.9. The van der Waals surface area contributed by atoms with Crippen molar-refractivity contribution in [2.45, 2.75) is 24.8 Å². The number of para-hydroxylation sites is 1. The number of carbonyl (C=O) groups excluding carboxylic acids is 1. The lowest BCUT2D eigenvalue weighted by Gasteiger charge is -2.51. The molecule has 4 rings (SSSR count). The second kappa shape index (κ2) is 6.47. The average molecular weight is 329 g/mol. The Morgan fingerprint density at radius 2 is 1.96 bits per heavy atom. The zero-order chi connectivity index (χ0) is 16.6. The predicted octanol–water partition coefficient (Wildman–Crippen LogP) is 1.37. The first-order valence-electron chi connectivity index (χ1n) is 9.08. The van der Waals surface area contributed by atoms with E-state index < -0.39 is 0 Å². The van der Waals surface area contributed by atoms with Crippen LogP contribution in [0.1, 0.15) is 18.4 Å². The predicted molar refractivity (Wildman–Crippen MR) is 94.4 cm³/mol. The zero-order valence-electron chi connectivity index (χ0n) is 14.5. The number of carbonyl (C=O) groups is 1. The first-order valence-corrected chi connectivity index (χ1v) is 9.08. The number of hydrogen-bond acceptors (Lipinski definition) is 4. The quantitative estimate of drug-likeness (QED) is 0.821. The molecule has 24 heavy (non-hydrogen) atoms. The molecule has 2 fully saturated rings. The summed E-state index contributed by atoms with van der Waals surface area (Å²) in [4.78, 5) is 19.7. The van der Waals surface area contributed by atoms with E-state index in [2.05, 4.69) is 35.0 Å². The molecule has 5 nitrogen and oxygen atoms in total. The van der Waals surface area contributed by atoms with Crippen LogP contribution < -0.4 is 4.90 Å². The van der Waals surface area contributed by atoms with Crippen molar-refractivity contribution in [1.29, 1.82) is 0 Å². The minimum absolute atomic E-state index is 0.194. The lowest BCUT2D eigenvalue weighted by Crippen LogP contribution is -2.63. The highest BCUT2D eigenvalue weighted by Crippen LogP contribution is 2.31. The van der Waals surface area contributed by atoms with Crippen LogP contribution in [-0.4, -0.2) is 74.2 Å². The van der Waals surface area contributed by atoms with Crippen LogP contribution in [0.25, 0.3) is 0 Å². The van der Waals surface area contributed by atoms with Crippen LogP contribution >= 0.6 is 0 Å². The molecule has 0 N–H and O–H groups in total. The average Bonchev–Trinajstić information content (AvgIpc) is 3.03. The van der Waals surface area contributed by atoms with Gasteiger partial charge in [-0.15, -0.1) is 0 Å². The Balaban J connectivity index is 1.43. The summed E-state index contributed by atoms with van der Waals surface area (Å²) in [5, 5.41) is 0. The largest absolute Gasteiger partial charge is 0.381 e. The van der Waals surface area contributed by atoms with E-state index in [0.29, 0.717) is 6.54 Å². The van der Waals surface area contributed by atoms with Gasteiger partial charge >= 0.3 is 0 Å². The second-order valence-corrected chi connectivity index (χ2v) is 7.39. The number of piperazine rings is 1.